The van der Waals surface area contributed by atoms with Gasteiger partial charge in [0, 0.05) is 30.6 Å². The van der Waals surface area contributed by atoms with Crippen molar-refractivity contribution in [1.82, 2.24) is 15.1 Å². The highest BCUT2D eigenvalue weighted by Gasteiger charge is 2.44. The second kappa shape index (κ2) is 12.0. The Kier molecular flexibility index (Phi) is 8.25. The first-order chi connectivity index (χ1) is 20.6. The van der Waals surface area contributed by atoms with Crippen LogP contribution < -0.4 is 5.32 Å². The molecule has 1 saturated heterocycles. The van der Waals surface area contributed by atoms with Gasteiger partial charge in [-0.15, -0.1) is 0 Å². The quantitative estimate of drug-likeness (QED) is 0.279. The number of benzene rings is 2. The van der Waals surface area contributed by atoms with Crippen molar-refractivity contribution < 1.29 is 45.9 Å². The fraction of sp³-hybridized carbons (Fsp3) is 0.448. The van der Waals surface area contributed by atoms with Gasteiger partial charge in [0.2, 0.25) is 5.91 Å². The van der Waals surface area contributed by atoms with Crippen LogP contribution in [-0.4, -0.2) is 58.4 Å². The molecule has 10 nitrogen and oxygen atoms in total. The molecule has 1 N–H and O–H groups in total. The summed E-state index contributed by atoms with van der Waals surface area (Å²) in [6, 6.07) is 7.17. The summed E-state index contributed by atoms with van der Waals surface area (Å²) in [5, 5.41) is 2.19. The molecule has 14 heteroatoms. The summed E-state index contributed by atoms with van der Waals surface area (Å²) < 4.78 is 59.5. The Morgan fingerprint density at radius 3 is 2.30 bits per heavy atom. The van der Waals surface area contributed by atoms with Crippen LogP contribution in [0.1, 0.15) is 65.6 Å². The predicted molar refractivity (Wildman–Crippen MR) is 144 cm³/mol. The van der Waals surface area contributed by atoms with Gasteiger partial charge in [0.15, 0.2) is 0 Å². The minimum Gasteiger partial charge on any atom is -0.346 e. The van der Waals surface area contributed by atoms with Crippen LogP contribution in [0.2, 0.25) is 0 Å². The van der Waals surface area contributed by atoms with Gasteiger partial charge in [0.25, 0.3) is 17.7 Å². The molecule has 0 spiro atoms. The fourth-order valence-electron chi connectivity index (χ4n) is 4.87. The monoisotopic (exact) mass is 619 g/mol. The van der Waals surface area contributed by atoms with Gasteiger partial charge in [-0.05, 0) is 73.6 Å². The van der Waals surface area contributed by atoms with Gasteiger partial charge in [-0.2, -0.15) is 8.78 Å². The molecular formula is C29H29F3N3O7P. The van der Waals surface area contributed by atoms with Crippen LogP contribution in [0.4, 0.5) is 13.2 Å². The normalized spacial score (nSPS) is 20.7. The summed E-state index contributed by atoms with van der Waals surface area (Å²) in [6.45, 7) is -0.502. The summed E-state index contributed by atoms with van der Waals surface area (Å²) >= 11 is 0. The molecule has 1 unspecified atom stereocenters. The second-order valence-corrected chi connectivity index (χ2v) is 12.1. The Hall–Kier alpha value is -3.38. The van der Waals surface area contributed by atoms with Gasteiger partial charge in [-0.1, -0.05) is 12.1 Å². The molecule has 2 heterocycles. The van der Waals surface area contributed by atoms with E-state index in [2.05, 4.69) is 5.32 Å². The number of fused-ring (bicyclic) bond motifs is 1. The molecule has 4 aliphatic rings. The highest BCUT2D eigenvalue weighted by atomic mass is 31.2. The Balaban J connectivity index is 1.07. The Labute approximate surface area is 246 Å². The third kappa shape index (κ3) is 6.59. The number of imide groups is 1. The Bertz CT molecular complexity index is 1420. The van der Waals surface area contributed by atoms with Crippen LogP contribution in [0.5, 0.6) is 0 Å². The average Bonchev–Trinajstić information content (AvgIpc) is 3.92. The molecule has 0 radical (unpaired) electrons. The number of carbonyl (C=O) groups is 4. The molecule has 2 aliphatic carbocycles. The first-order valence-electron chi connectivity index (χ1n) is 14.1. The van der Waals surface area contributed by atoms with Gasteiger partial charge >= 0.3 is 14.5 Å². The van der Waals surface area contributed by atoms with Crippen molar-refractivity contribution in [2.45, 2.75) is 75.8 Å². The highest BCUT2D eigenvalue weighted by molar-refractivity contribution is 7.41. The number of carbonyl (C=O) groups excluding carboxylic acids is 4. The lowest BCUT2D eigenvalue weighted by molar-refractivity contribution is -0.156. The summed E-state index contributed by atoms with van der Waals surface area (Å²) in [5.41, 5.74) is 0.739. The van der Waals surface area contributed by atoms with E-state index in [-0.39, 0.29) is 44.9 Å². The Morgan fingerprint density at radius 1 is 0.977 bits per heavy atom. The number of likely N-dealkylation sites (tertiary alicyclic amines) is 1. The number of nitrogens with one attached hydrogen (secondary N) is 1. The zero-order valence-electron chi connectivity index (χ0n) is 23.0. The maximum absolute atomic E-state index is 14.6. The van der Waals surface area contributed by atoms with E-state index in [1.807, 2.05) is 0 Å². The van der Waals surface area contributed by atoms with Crippen molar-refractivity contribution in [3.63, 3.8) is 0 Å². The largest absolute Gasteiger partial charge is 0.349 e. The zero-order valence-corrected chi connectivity index (χ0v) is 23.9. The van der Waals surface area contributed by atoms with Crippen molar-refractivity contribution in [2.24, 2.45) is 0 Å². The minimum atomic E-state index is -3.87. The molecule has 6 rings (SSSR count). The van der Waals surface area contributed by atoms with Crippen molar-refractivity contribution in [3.05, 3.63) is 70.5 Å². The number of hydrogen-bond donors (Lipinski definition) is 1. The first-order valence-corrected chi connectivity index (χ1v) is 15.2. The van der Waals surface area contributed by atoms with Crippen LogP contribution in [0, 0.1) is 5.82 Å². The molecule has 4 amide bonds. The van der Waals surface area contributed by atoms with E-state index in [1.54, 1.807) is 6.07 Å². The van der Waals surface area contributed by atoms with E-state index in [4.69, 9.17) is 13.6 Å². The molecular weight excluding hydrogens is 590 g/mol. The number of nitrogens with zero attached hydrogens (tertiary/aromatic N) is 2. The van der Waals surface area contributed by atoms with Gasteiger partial charge < -0.3 is 19.3 Å². The van der Waals surface area contributed by atoms with Crippen molar-refractivity contribution in [1.29, 1.82) is 0 Å². The summed E-state index contributed by atoms with van der Waals surface area (Å²) in [4.78, 5) is 53.9. The maximum Gasteiger partial charge on any atom is 0.349 e. The van der Waals surface area contributed by atoms with Crippen LogP contribution in [0.25, 0.3) is 0 Å². The number of rotatable bonds is 12. The lowest BCUT2D eigenvalue weighted by atomic mass is 10.0. The number of amides is 4. The topological polar surface area (TPSA) is 114 Å². The lowest BCUT2D eigenvalue weighted by Gasteiger charge is -2.35. The molecule has 2 aromatic rings. The standard InChI is InChI=1S/C29H29F3N3O7P/c30-20-4-2-19(3-5-20)29(31,32)28(39)33-14-17-1-10-23-18(13-17)15-34(26(23)37)24-11-12-25(36)35(27(24)38)16-40-43(41-21-6-7-21)42-22-8-9-22/h1-5,10,13,21-22,24H,6-9,11-12,14-16H2,(H,33,39). The Morgan fingerprint density at radius 2 is 1.65 bits per heavy atom. The molecule has 0 aromatic heterocycles. The van der Waals surface area contributed by atoms with Crippen LogP contribution in [-0.2, 0) is 47.0 Å². The number of halogens is 3. The van der Waals surface area contributed by atoms with Crippen molar-refractivity contribution in [3.8, 4) is 0 Å². The predicted octanol–water partition coefficient (Wildman–Crippen LogP) is 4.27. The second-order valence-electron chi connectivity index (χ2n) is 11.0. The summed E-state index contributed by atoms with van der Waals surface area (Å²) in [7, 11) is -1.70. The molecule has 2 aliphatic heterocycles. The maximum atomic E-state index is 14.6. The van der Waals surface area contributed by atoms with E-state index < -0.39 is 55.6 Å². The van der Waals surface area contributed by atoms with E-state index in [1.165, 1.54) is 17.0 Å². The van der Waals surface area contributed by atoms with E-state index in [0.29, 0.717) is 16.7 Å². The molecule has 2 saturated carbocycles. The van der Waals surface area contributed by atoms with Crippen LogP contribution in [0.15, 0.2) is 42.5 Å². The van der Waals surface area contributed by atoms with Gasteiger partial charge in [0.05, 0.1) is 12.2 Å². The molecule has 3 fully saturated rings. The van der Waals surface area contributed by atoms with E-state index in [0.717, 1.165) is 54.8 Å². The third-order valence-electron chi connectivity index (χ3n) is 7.62. The number of piperidine rings is 1. The first kappa shape index (κ1) is 29.7. The molecule has 43 heavy (non-hydrogen) atoms. The number of alkyl halides is 2. The third-order valence-corrected chi connectivity index (χ3v) is 8.88. The van der Waals surface area contributed by atoms with E-state index in [9.17, 15) is 32.3 Å². The van der Waals surface area contributed by atoms with Gasteiger partial charge in [0.1, 0.15) is 18.6 Å². The molecule has 2 aromatic carbocycles. The molecule has 0 bridgehead atoms. The number of hydrogen-bond acceptors (Lipinski definition) is 7. The summed E-state index contributed by atoms with van der Waals surface area (Å²) in [5.74, 6) is -7.48. The fourth-order valence-corrected chi connectivity index (χ4v) is 6.16. The SMILES string of the molecule is O=C1CCC(N2Cc3cc(CNC(=O)C(F)(F)c4ccc(F)cc4)ccc3C2=O)C(=O)N1COP(OC1CC1)OC1CC1. The van der Waals surface area contributed by atoms with Crippen molar-refractivity contribution in [2.75, 3.05) is 6.73 Å². The van der Waals surface area contributed by atoms with Gasteiger partial charge in [-0.25, -0.2) is 4.39 Å². The highest BCUT2D eigenvalue weighted by Crippen LogP contribution is 2.50. The lowest BCUT2D eigenvalue weighted by Crippen LogP contribution is -2.55. The smallest absolute Gasteiger partial charge is 0.346 e. The van der Waals surface area contributed by atoms with Crippen LogP contribution >= 0.6 is 8.60 Å². The van der Waals surface area contributed by atoms with Crippen LogP contribution in [0.3, 0.4) is 0 Å². The average molecular weight is 620 g/mol. The summed E-state index contributed by atoms with van der Waals surface area (Å²) in [6.07, 6.45) is 3.97. The van der Waals surface area contributed by atoms with Gasteiger partial charge in [-0.3, -0.25) is 28.6 Å². The molecule has 1 atom stereocenters. The van der Waals surface area contributed by atoms with E-state index >= 15 is 0 Å². The zero-order chi connectivity index (χ0) is 30.3. The molecule has 228 valence electrons. The van der Waals surface area contributed by atoms with Crippen molar-refractivity contribution >= 4 is 32.2 Å². The minimum absolute atomic E-state index is 0.0460.